The van der Waals surface area contributed by atoms with Crippen LogP contribution in [0.1, 0.15) is 0 Å². The van der Waals surface area contributed by atoms with Gasteiger partial charge in [0.05, 0.1) is 24.4 Å². The normalized spacial score (nSPS) is 10.8. The number of nitrogens with zero attached hydrogens (tertiary/aromatic N) is 2. The molecule has 0 aliphatic rings. The van der Waals surface area contributed by atoms with E-state index in [1.165, 1.54) is 6.20 Å². The Bertz CT molecular complexity index is 809. The molecule has 0 aliphatic carbocycles. The van der Waals surface area contributed by atoms with Crippen LogP contribution in [-0.4, -0.2) is 27.3 Å². The summed E-state index contributed by atoms with van der Waals surface area (Å²) in [7, 11) is 1.55. The monoisotopic (exact) mass is 276 g/mol. The summed E-state index contributed by atoms with van der Waals surface area (Å²) in [5.41, 5.74) is 1.50. The van der Waals surface area contributed by atoms with Crippen molar-refractivity contribution in [2.24, 2.45) is 0 Å². The molecule has 2 heterocycles. The second kappa shape index (κ2) is 4.40. The maximum Gasteiger partial charge on any atom is 0.275 e. The van der Waals surface area contributed by atoms with E-state index in [0.29, 0.717) is 22.3 Å². The molecule has 0 unspecified atom stereocenters. The van der Waals surface area contributed by atoms with Gasteiger partial charge in [-0.3, -0.25) is 9.89 Å². The van der Waals surface area contributed by atoms with Crippen LogP contribution in [-0.2, 0) is 0 Å². The third kappa shape index (κ3) is 1.86. The van der Waals surface area contributed by atoms with Crippen LogP contribution < -0.4 is 10.3 Å². The Hall–Kier alpha value is -2.34. The molecule has 0 saturated heterocycles. The molecule has 0 atom stereocenters. The van der Waals surface area contributed by atoms with E-state index < -0.39 is 0 Å². The first kappa shape index (κ1) is 11.7. The Morgan fingerprint density at radius 3 is 2.89 bits per heavy atom. The summed E-state index contributed by atoms with van der Waals surface area (Å²) in [4.78, 5) is 19.1. The molecule has 19 heavy (non-hydrogen) atoms. The van der Waals surface area contributed by atoms with Gasteiger partial charge >= 0.3 is 0 Å². The van der Waals surface area contributed by atoms with E-state index in [4.69, 9.17) is 16.3 Å². The van der Waals surface area contributed by atoms with Crippen molar-refractivity contribution in [3.63, 3.8) is 0 Å². The summed E-state index contributed by atoms with van der Waals surface area (Å²) < 4.78 is 5.23. The zero-order valence-corrected chi connectivity index (χ0v) is 10.7. The fourth-order valence-electron chi connectivity index (χ4n) is 1.87. The average molecular weight is 277 g/mol. The SMILES string of the molecule is COc1cccc2[nH]c(=O)c(-c3cn[nH]c3Cl)nc12. The topological polar surface area (TPSA) is 83.7 Å². The zero-order valence-electron chi connectivity index (χ0n) is 9.90. The maximum atomic E-state index is 12.0. The van der Waals surface area contributed by atoms with Crippen LogP contribution in [0.2, 0.25) is 5.15 Å². The van der Waals surface area contributed by atoms with Gasteiger partial charge in [-0.1, -0.05) is 17.7 Å². The highest BCUT2D eigenvalue weighted by Crippen LogP contribution is 2.25. The Balaban J connectivity index is 2.35. The van der Waals surface area contributed by atoms with E-state index in [1.807, 2.05) is 0 Å². The van der Waals surface area contributed by atoms with Crippen molar-refractivity contribution in [1.29, 1.82) is 0 Å². The molecule has 0 amide bonds. The molecule has 0 radical (unpaired) electrons. The van der Waals surface area contributed by atoms with Crippen LogP contribution in [0.5, 0.6) is 5.75 Å². The number of halogens is 1. The Kier molecular flexibility index (Phi) is 2.72. The Morgan fingerprint density at radius 1 is 1.37 bits per heavy atom. The van der Waals surface area contributed by atoms with Gasteiger partial charge in [-0.05, 0) is 12.1 Å². The molecule has 2 aromatic heterocycles. The van der Waals surface area contributed by atoms with E-state index in [1.54, 1.807) is 25.3 Å². The van der Waals surface area contributed by atoms with E-state index in [-0.39, 0.29) is 16.4 Å². The number of methoxy groups -OCH3 is 1. The van der Waals surface area contributed by atoms with Gasteiger partial charge in [-0.15, -0.1) is 0 Å². The minimum absolute atomic E-state index is 0.204. The smallest absolute Gasteiger partial charge is 0.275 e. The third-order valence-electron chi connectivity index (χ3n) is 2.75. The summed E-state index contributed by atoms with van der Waals surface area (Å²) in [6, 6.07) is 5.31. The maximum absolute atomic E-state index is 12.0. The molecule has 96 valence electrons. The van der Waals surface area contributed by atoms with Gasteiger partial charge in [-0.2, -0.15) is 5.10 Å². The highest BCUT2D eigenvalue weighted by Gasteiger charge is 2.14. The number of rotatable bonds is 2. The van der Waals surface area contributed by atoms with Crippen molar-refractivity contribution in [3.05, 3.63) is 39.9 Å². The van der Waals surface area contributed by atoms with Crippen molar-refractivity contribution in [2.75, 3.05) is 7.11 Å². The van der Waals surface area contributed by atoms with Gasteiger partial charge in [0.15, 0.2) is 0 Å². The molecule has 0 saturated carbocycles. The van der Waals surface area contributed by atoms with Crippen LogP contribution in [0.25, 0.3) is 22.3 Å². The lowest BCUT2D eigenvalue weighted by Crippen LogP contribution is -2.11. The summed E-state index contributed by atoms with van der Waals surface area (Å²) in [6.45, 7) is 0. The standard InChI is InChI=1S/C12H9ClN4O2/c1-19-8-4-2-3-7-10(8)16-9(12(18)15-7)6-5-14-17-11(6)13/h2-5H,1H3,(H,14,17)(H,15,18). The minimum atomic E-state index is -0.330. The van der Waals surface area contributed by atoms with E-state index in [0.717, 1.165) is 0 Å². The predicted molar refractivity (Wildman–Crippen MR) is 71.5 cm³/mol. The molecular formula is C12H9ClN4O2. The predicted octanol–water partition coefficient (Wildman–Crippen LogP) is 1.98. The van der Waals surface area contributed by atoms with E-state index in [9.17, 15) is 4.79 Å². The number of fused-ring (bicyclic) bond motifs is 1. The Morgan fingerprint density at radius 2 is 2.21 bits per heavy atom. The molecular weight excluding hydrogens is 268 g/mol. The molecule has 0 fully saturated rings. The number of para-hydroxylation sites is 1. The lowest BCUT2D eigenvalue weighted by Gasteiger charge is -2.05. The molecule has 3 aromatic rings. The molecule has 0 spiro atoms. The number of benzene rings is 1. The second-order valence-corrected chi connectivity index (χ2v) is 4.25. The van der Waals surface area contributed by atoms with Crippen LogP contribution in [0.3, 0.4) is 0 Å². The number of hydrogen-bond donors (Lipinski definition) is 2. The first-order chi connectivity index (χ1) is 9.20. The number of aromatic amines is 2. The molecule has 0 bridgehead atoms. The lowest BCUT2D eigenvalue weighted by molar-refractivity contribution is 0.419. The van der Waals surface area contributed by atoms with Gasteiger partial charge in [0.1, 0.15) is 22.1 Å². The first-order valence-electron chi connectivity index (χ1n) is 5.47. The first-order valence-corrected chi connectivity index (χ1v) is 5.85. The molecule has 0 aliphatic heterocycles. The van der Waals surface area contributed by atoms with Crippen molar-refractivity contribution in [2.45, 2.75) is 0 Å². The largest absolute Gasteiger partial charge is 0.494 e. The van der Waals surface area contributed by atoms with Gasteiger partial charge in [-0.25, -0.2) is 4.98 Å². The molecule has 6 nitrogen and oxygen atoms in total. The summed E-state index contributed by atoms with van der Waals surface area (Å²) in [5, 5.41) is 6.61. The minimum Gasteiger partial charge on any atom is -0.494 e. The Labute approximate surface area is 112 Å². The average Bonchev–Trinajstić information content (AvgIpc) is 2.83. The van der Waals surface area contributed by atoms with Crippen LogP contribution in [0, 0.1) is 0 Å². The highest BCUT2D eigenvalue weighted by atomic mass is 35.5. The number of aromatic nitrogens is 4. The summed E-state index contributed by atoms with van der Waals surface area (Å²) in [6.07, 6.45) is 1.46. The van der Waals surface area contributed by atoms with Crippen LogP contribution >= 0.6 is 11.6 Å². The van der Waals surface area contributed by atoms with Crippen molar-refractivity contribution in [3.8, 4) is 17.0 Å². The van der Waals surface area contributed by atoms with Gasteiger partial charge in [0.25, 0.3) is 5.56 Å². The quantitative estimate of drug-likeness (QED) is 0.749. The van der Waals surface area contributed by atoms with Crippen molar-refractivity contribution < 1.29 is 4.74 Å². The van der Waals surface area contributed by atoms with Crippen molar-refractivity contribution >= 4 is 22.6 Å². The number of ether oxygens (including phenoxy) is 1. The molecule has 2 N–H and O–H groups in total. The van der Waals surface area contributed by atoms with Gasteiger partial charge in [0, 0.05) is 0 Å². The lowest BCUT2D eigenvalue weighted by atomic mass is 10.2. The second-order valence-electron chi connectivity index (χ2n) is 3.87. The third-order valence-corrected chi connectivity index (χ3v) is 3.04. The van der Waals surface area contributed by atoms with Gasteiger partial charge in [0.2, 0.25) is 0 Å². The molecule has 1 aromatic carbocycles. The highest BCUT2D eigenvalue weighted by molar-refractivity contribution is 6.32. The number of H-pyrrole nitrogens is 2. The fourth-order valence-corrected chi connectivity index (χ4v) is 2.05. The summed E-state index contributed by atoms with van der Waals surface area (Å²) >= 11 is 5.93. The number of nitrogens with one attached hydrogen (secondary N) is 2. The van der Waals surface area contributed by atoms with Crippen LogP contribution in [0.4, 0.5) is 0 Å². The van der Waals surface area contributed by atoms with E-state index >= 15 is 0 Å². The van der Waals surface area contributed by atoms with Crippen LogP contribution in [0.15, 0.2) is 29.2 Å². The van der Waals surface area contributed by atoms with Gasteiger partial charge < -0.3 is 9.72 Å². The van der Waals surface area contributed by atoms with Crippen molar-refractivity contribution in [1.82, 2.24) is 20.2 Å². The molecule has 3 rings (SSSR count). The number of hydrogen-bond acceptors (Lipinski definition) is 4. The van der Waals surface area contributed by atoms with E-state index in [2.05, 4.69) is 20.2 Å². The fraction of sp³-hybridized carbons (Fsp3) is 0.0833. The summed E-state index contributed by atoms with van der Waals surface area (Å²) in [5.74, 6) is 0.578. The molecule has 7 heteroatoms. The zero-order chi connectivity index (χ0) is 13.4.